The van der Waals surface area contributed by atoms with Crippen LogP contribution in [0.5, 0.6) is 5.88 Å². The number of carbonyl (C=O) groups is 1. The number of carbonyl (C=O) groups excluding carboxylic acids is 1. The quantitative estimate of drug-likeness (QED) is 0.350. The summed E-state index contributed by atoms with van der Waals surface area (Å²) >= 11 is 0. The molecule has 194 valence electrons. The molecule has 2 aromatic heterocycles. The summed E-state index contributed by atoms with van der Waals surface area (Å²) in [5.41, 5.74) is 2.41. The van der Waals surface area contributed by atoms with E-state index in [1.165, 1.54) is 12.1 Å². The number of hydrogen-bond donors (Lipinski definition) is 2. The summed E-state index contributed by atoms with van der Waals surface area (Å²) in [5.74, 6) is 0.733. The summed E-state index contributed by atoms with van der Waals surface area (Å²) < 4.78 is 20.7. The number of piperazine rings is 1. The molecule has 0 aliphatic carbocycles. The summed E-state index contributed by atoms with van der Waals surface area (Å²) in [5, 5.41) is 6.54. The molecule has 0 atom stereocenters. The smallest absolute Gasteiger partial charge is 0.247 e. The van der Waals surface area contributed by atoms with Gasteiger partial charge in [0.1, 0.15) is 17.3 Å². The highest BCUT2D eigenvalue weighted by atomic mass is 19.1. The topological polar surface area (TPSA) is 95.5 Å². The van der Waals surface area contributed by atoms with Gasteiger partial charge in [-0.05, 0) is 55.1 Å². The van der Waals surface area contributed by atoms with E-state index in [4.69, 9.17) is 4.74 Å². The van der Waals surface area contributed by atoms with E-state index in [0.717, 1.165) is 32.0 Å². The highest BCUT2D eigenvalue weighted by Crippen LogP contribution is 2.33. The Labute approximate surface area is 220 Å². The van der Waals surface area contributed by atoms with Crippen LogP contribution in [0.2, 0.25) is 0 Å². The van der Waals surface area contributed by atoms with Crippen molar-refractivity contribution in [3.8, 4) is 17.0 Å². The lowest BCUT2D eigenvalue weighted by Gasteiger charge is -2.33. The van der Waals surface area contributed by atoms with Gasteiger partial charge in [-0.1, -0.05) is 18.7 Å². The molecule has 0 saturated carbocycles. The molecule has 1 aliphatic heterocycles. The largest absolute Gasteiger partial charge is 0.479 e. The molecule has 3 heterocycles. The lowest BCUT2D eigenvalue weighted by atomic mass is 10.0. The number of ether oxygens (including phenoxy) is 1. The highest BCUT2D eigenvalue weighted by molar-refractivity contribution is 6.00. The molecular weight excluding hydrogens is 485 g/mol. The van der Waals surface area contributed by atoms with Crippen molar-refractivity contribution in [3.63, 3.8) is 0 Å². The lowest BCUT2D eigenvalue weighted by Crippen LogP contribution is -2.44. The molecule has 2 N–H and O–H groups in total. The van der Waals surface area contributed by atoms with Gasteiger partial charge >= 0.3 is 0 Å². The number of nitrogens with zero attached hydrogens (tertiary/aromatic N) is 5. The van der Waals surface area contributed by atoms with Crippen LogP contribution >= 0.6 is 0 Å². The van der Waals surface area contributed by atoms with Crippen LogP contribution in [-0.4, -0.2) is 66.1 Å². The van der Waals surface area contributed by atoms with Gasteiger partial charge in [-0.2, -0.15) is 4.98 Å². The predicted octanol–water partition coefficient (Wildman–Crippen LogP) is 4.46. The Morgan fingerprint density at radius 3 is 2.68 bits per heavy atom. The average molecular weight is 514 g/mol. The summed E-state index contributed by atoms with van der Waals surface area (Å²) in [6, 6.07) is 13.8. The fraction of sp³-hybridized carbons (Fsp3) is 0.214. The third-order valence-electron chi connectivity index (χ3n) is 6.42. The van der Waals surface area contributed by atoms with E-state index in [2.05, 4.69) is 49.0 Å². The molecule has 1 saturated heterocycles. The molecule has 1 fully saturated rings. The molecule has 2 aromatic carbocycles. The minimum Gasteiger partial charge on any atom is -0.479 e. The van der Waals surface area contributed by atoms with E-state index in [1.54, 1.807) is 43.6 Å². The first kappa shape index (κ1) is 25.1. The fourth-order valence-electron chi connectivity index (χ4n) is 4.37. The zero-order valence-corrected chi connectivity index (χ0v) is 21.2. The van der Waals surface area contributed by atoms with Crippen molar-refractivity contribution >= 4 is 40.0 Å². The minimum absolute atomic E-state index is 0.271. The monoisotopic (exact) mass is 513 g/mol. The Morgan fingerprint density at radius 2 is 1.92 bits per heavy atom. The van der Waals surface area contributed by atoms with Crippen molar-refractivity contribution in [2.75, 3.05) is 55.9 Å². The number of hydrogen-bond acceptors (Lipinski definition) is 8. The van der Waals surface area contributed by atoms with Gasteiger partial charge in [0.05, 0.1) is 12.6 Å². The zero-order chi connectivity index (χ0) is 26.6. The van der Waals surface area contributed by atoms with E-state index < -0.39 is 5.82 Å². The van der Waals surface area contributed by atoms with Crippen LogP contribution in [0.25, 0.3) is 22.0 Å². The van der Waals surface area contributed by atoms with Crippen molar-refractivity contribution in [2.24, 2.45) is 0 Å². The number of anilines is 4. The van der Waals surface area contributed by atoms with E-state index in [1.807, 2.05) is 12.1 Å². The number of aromatic nitrogens is 3. The number of methoxy groups -OCH3 is 1. The molecule has 0 unspecified atom stereocenters. The number of amides is 1. The van der Waals surface area contributed by atoms with Gasteiger partial charge in [0.25, 0.3) is 0 Å². The van der Waals surface area contributed by atoms with Crippen LogP contribution in [0.4, 0.5) is 27.5 Å². The van der Waals surface area contributed by atoms with Crippen LogP contribution in [-0.2, 0) is 4.79 Å². The zero-order valence-electron chi connectivity index (χ0n) is 21.2. The number of rotatable bonds is 7. The van der Waals surface area contributed by atoms with Crippen LogP contribution in [0.1, 0.15) is 0 Å². The van der Waals surface area contributed by atoms with Gasteiger partial charge in [0.2, 0.25) is 17.7 Å². The van der Waals surface area contributed by atoms with Gasteiger partial charge < -0.3 is 25.2 Å². The number of benzene rings is 2. The van der Waals surface area contributed by atoms with Gasteiger partial charge in [0.15, 0.2) is 0 Å². The number of likely N-dealkylation sites (N-methyl/N-ethyl adjacent to an activating group) is 1. The maximum Gasteiger partial charge on any atom is 0.247 e. The number of nitrogens with one attached hydrogen (secondary N) is 2. The molecule has 0 bridgehead atoms. The standard InChI is InChI=1S/C28H28FN7O2/c1-4-24(37)31-20-7-5-6-18(16-20)25-21(29)9-8-19-17-30-28(34-26(19)25)32-22-10-11-23(33-27(22)38-3)36-14-12-35(2)13-15-36/h4-11,16-17H,1,12-15H2,2-3H3,(H,31,37)(H,30,32,34). The van der Waals surface area contributed by atoms with Crippen molar-refractivity contribution in [3.05, 3.63) is 73.2 Å². The first-order valence-corrected chi connectivity index (χ1v) is 12.2. The van der Waals surface area contributed by atoms with Crippen molar-refractivity contribution < 1.29 is 13.9 Å². The second-order valence-electron chi connectivity index (χ2n) is 8.97. The van der Waals surface area contributed by atoms with Crippen LogP contribution in [0.3, 0.4) is 0 Å². The summed E-state index contributed by atoms with van der Waals surface area (Å²) in [6.07, 6.45) is 2.81. The van der Waals surface area contributed by atoms with E-state index in [9.17, 15) is 4.79 Å². The highest BCUT2D eigenvalue weighted by Gasteiger charge is 2.18. The molecule has 0 spiro atoms. The Morgan fingerprint density at radius 1 is 1.11 bits per heavy atom. The third kappa shape index (κ3) is 5.25. The molecule has 4 aromatic rings. The van der Waals surface area contributed by atoms with Crippen LogP contribution in [0.15, 0.2) is 67.4 Å². The molecule has 5 rings (SSSR count). The third-order valence-corrected chi connectivity index (χ3v) is 6.42. The lowest BCUT2D eigenvalue weighted by molar-refractivity contribution is -0.111. The molecule has 9 nitrogen and oxygen atoms in total. The molecular formula is C28H28FN7O2. The minimum atomic E-state index is -0.440. The maximum atomic E-state index is 15.2. The van der Waals surface area contributed by atoms with Crippen molar-refractivity contribution in [2.45, 2.75) is 0 Å². The summed E-state index contributed by atoms with van der Waals surface area (Å²) in [6.45, 7) is 7.18. The van der Waals surface area contributed by atoms with Crippen molar-refractivity contribution in [1.29, 1.82) is 0 Å². The number of fused-ring (bicyclic) bond motifs is 1. The first-order valence-electron chi connectivity index (χ1n) is 12.2. The Kier molecular flexibility index (Phi) is 7.14. The van der Waals surface area contributed by atoms with Gasteiger partial charge in [-0.15, -0.1) is 0 Å². The predicted molar refractivity (Wildman–Crippen MR) is 148 cm³/mol. The second-order valence-corrected chi connectivity index (χ2v) is 8.97. The fourth-order valence-corrected chi connectivity index (χ4v) is 4.37. The van der Waals surface area contributed by atoms with Crippen molar-refractivity contribution in [1.82, 2.24) is 19.9 Å². The number of pyridine rings is 1. The summed E-state index contributed by atoms with van der Waals surface area (Å²) in [4.78, 5) is 30.0. The van der Waals surface area contributed by atoms with Crippen LogP contribution in [0, 0.1) is 5.82 Å². The molecule has 10 heteroatoms. The number of halogens is 1. The van der Waals surface area contributed by atoms with E-state index >= 15 is 4.39 Å². The molecule has 0 radical (unpaired) electrons. The van der Waals surface area contributed by atoms with Gasteiger partial charge in [-0.25, -0.2) is 14.4 Å². The Balaban J connectivity index is 1.48. The molecule has 1 aliphatic rings. The van der Waals surface area contributed by atoms with E-state index in [-0.39, 0.29) is 11.9 Å². The Bertz CT molecular complexity index is 1500. The van der Waals surface area contributed by atoms with E-state index in [0.29, 0.717) is 39.3 Å². The normalized spacial score (nSPS) is 13.8. The molecule has 1 amide bonds. The average Bonchev–Trinajstić information content (AvgIpc) is 2.93. The first-order chi connectivity index (χ1) is 18.4. The molecule has 38 heavy (non-hydrogen) atoms. The SMILES string of the molecule is C=CC(=O)Nc1cccc(-c2c(F)ccc3cnc(Nc4ccc(N5CCN(C)CC5)nc4OC)nc23)c1. The Hall–Kier alpha value is -4.57. The van der Waals surface area contributed by atoms with Crippen LogP contribution < -0.4 is 20.3 Å². The van der Waals surface area contributed by atoms with Gasteiger partial charge in [0, 0.05) is 49.0 Å². The maximum absolute atomic E-state index is 15.2. The summed E-state index contributed by atoms with van der Waals surface area (Å²) in [7, 11) is 3.67. The second kappa shape index (κ2) is 10.8. The van der Waals surface area contributed by atoms with Gasteiger partial charge in [-0.3, -0.25) is 4.79 Å².